The Morgan fingerprint density at radius 1 is 1.42 bits per heavy atom. The average molecular weight is 165 g/mol. The summed E-state index contributed by atoms with van der Waals surface area (Å²) in [7, 11) is 0. The lowest BCUT2D eigenvalue weighted by atomic mass is 9.92. The average Bonchev–Trinajstić information content (AvgIpc) is 2.01. The second-order valence-corrected chi connectivity index (χ2v) is 3.38. The molecule has 0 spiro atoms. The Labute approximate surface area is 71.6 Å². The fraction of sp³-hybridized carbons (Fsp3) is 0.400. The molecule has 1 aliphatic rings. The van der Waals surface area contributed by atoms with Crippen LogP contribution in [0, 0.1) is 5.82 Å². The molecule has 1 aromatic carbocycles. The summed E-state index contributed by atoms with van der Waals surface area (Å²) in [6.07, 6.45) is 1.04. The number of halogens is 1. The summed E-state index contributed by atoms with van der Waals surface area (Å²) in [6, 6.07) is 7.74. The molecule has 0 aliphatic carbocycles. The van der Waals surface area contributed by atoms with Gasteiger partial charge in [-0.15, -0.1) is 0 Å². The van der Waals surface area contributed by atoms with Gasteiger partial charge >= 0.3 is 0 Å². The van der Waals surface area contributed by atoms with E-state index in [9.17, 15) is 4.39 Å². The smallest absolute Gasteiger partial charge is 0.127 e. The van der Waals surface area contributed by atoms with E-state index in [0.717, 1.165) is 12.0 Å². The third kappa shape index (κ3) is 1.23. The van der Waals surface area contributed by atoms with Crippen LogP contribution in [0.15, 0.2) is 24.3 Å². The van der Waals surface area contributed by atoms with Crippen LogP contribution in [0.1, 0.15) is 24.9 Å². The standard InChI is InChI=1S/C10H12FN/c1-7-6-10(12-7)8-4-2-3-5-9(8)11/h2-5,7,10,12H,6H2,1H3. The van der Waals surface area contributed by atoms with Gasteiger partial charge in [0.2, 0.25) is 0 Å². The van der Waals surface area contributed by atoms with Crippen LogP contribution >= 0.6 is 0 Å². The topological polar surface area (TPSA) is 12.0 Å². The van der Waals surface area contributed by atoms with Crippen LogP contribution in [0.5, 0.6) is 0 Å². The Hall–Kier alpha value is -0.890. The number of nitrogens with one attached hydrogen (secondary N) is 1. The lowest BCUT2D eigenvalue weighted by molar-refractivity contribution is 0.281. The molecule has 1 N–H and O–H groups in total. The van der Waals surface area contributed by atoms with Gasteiger partial charge in [0.15, 0.2) is 0 Å². The van der Waals surface area contributed by atoms with Crippen molar-refractivity contribution in [1.29, 1.82) is 0 Å². The van der Waals surface area contributed by atoms with Crippen molar-refractivity contribution < 1.29 is 4.39 Å². The lowest BCUT2D eigenvalue weighted by Gasteiger charge is -2.35. The highest BCUT2D eigenvalue weighted by Crippen LogP contribution is 2.28. The van der Waals surface area contributed by atoms with E-state index in [0.29, 0.717) is 6.04 Å². The van der Waals surface area contributed by atoms with Gasteiger partial charge in [-0.2, -0.15) is 0 Å². The van der Waals surface area contributed by atoms with Crippen molar-refractivity contribution in [2.45, 2.75) is 25.4 Å². The Morgan fingerprint density at radius 2 is 2.08 bits per heavy atom. The SMILES string of the molecule is CC1CC(c2ccccc2F)N1. The van der Waals surface area contributed by atoms with Gasteiger partial charge in [-0.25, -0.2) is 4.39 Å². The Bertz CT molecular complexity index is 279. The minimum atomic E-state index is -0.0955. The quantitative estimate of drug-likeness (QED) is 0.673. The zero-order chi connectivity index (χ0) is 8.55. The van der Waals surface area contributed by atoms with Crippen molar-refractivity contribution in [2.75, 3.05) is 0 Å². The molecule has 1 saturated heterocycles. The number of hydrogen-bond donors (Lipinski definition) is 1. The molecule has 0 amide bonds. The van der Waals surface area contributed by atoms with Crippen molar-refractivity contribution in [2.24, 2.45) is 0 Å². The summed E-state index contributed by atoms with van der Waals surface area (Å²) in [5, 5.41) is 3.26. The first-order valence-corrected chi connectivity index (χ1v) is 4.28. The number of hydrogen-bond acceptors (Lipinski definition) is 1. The van der Waals surface area contributed by atoms with Gasteiger partial charge in [-0.05, 0) is 19.4 Å². The normalized spacial score (nSPS) is 28.2. The molecule has 64 valence electrons. The van der Waals surface area contributed by atoms with Gasteiger partial charge in [0, 0.05) is 17.6 Å². The van der Waals surface area contributed by atoms with Gasteiger partial charge < -0.3 is 5.32 Å². The molecular weight excluding hydrogens is 153 g/mol. The Morgan fingerprint density at radius 3 is 2.67 bits per heavy atom. The molecular formula is C10H12FN. The molecule has 2 unspecified atom stereocenters. The summed E-state index contributed by atoms with van der Waals surface area (Å²) in [6.45, 7) is 2.11. The van der Waals surface area contributed by atoms with E-state index in [2.05, 4.69) is 12.2 Å². The zero-order valence-electron chi connectivity index (χ0n) is 7.05. The van der Waals surface area contributed by atoms with Crippen molar-refractivity contribution in [3.05, 3.63) is 35.6 Å². The molecule has 2 atom stereocenters. The van der Waals surface area contributed by atoms with Gasteiger partial charge in [0.05, 0.1) is 0 Å². The van der Waals surface area contributed by atoms with Crippen LogP contribution in [0.25, 0.3) is 0 Å². The van der Waals surface area contributed by atoms with E-state index in [1.807, 2.05) is 12.1 Å². The number of benzene rings is 1. The summed E-state index contributed by atoms with van der Waals surface area (Å²) in [4.78, 5) is 0. The maximum absolute atomic E-state index is 13.1. The van der Waals surface area contributed by atoms with E-state index < -0.39 is 0 Å². The number of rotatable bonds is 1. The predicted molar refractivity (Wildman–Crippen MR) is 46.4 cm³/mol. The van der Waals surface area contributed by atoms with Crippen LogP contribution in [0.3, 0.4) is 0 Å². The predicted octanol–water partition coefficient (Wildman–Crippen LogP) is 2.25. The molecule has 1 aromatic rings. The highest BCUT2D eigenvalue weighted by atomic mass is 19.1. The second kappa shape index (κ2) is 2.87. The molecule has 1 nitrogen and oxygen atoms in total. The molecule has 1 aliphatic heterocycles. The van der Waals surface area contributed by atoms with E-state index in [1.54, 1.807) is 6.07 Å². The van der Waals surface area contributed by atoms with Gasteiger partial charge in [0.25, 0.3) is 0 Å². The van der Waals surface area contributed by atoms with E-state index in [1.165, 1.54) is 6.07 Å². The molecule has 1 heterocycles. The lowest BCUT2D eigenvalue weighted by Crippen LogP contribution is -2.44. The van der Waals surface area contributed by atoms with Crippen LogP contribution in [0.4, 0.5) is 4.39 Å². The van der Waals surface area contributed by atoms with Gasteiger partial charge in [0.1, 0.15) is 5.82 Å². The minimum absolute atomic E-state index is 0.0955. The van der Waals surface area contributed by atoms with Crippen molar-refractivity contribution in [1.82, 2.24) is 5.32 Å². The monoisotopic (exact) mass is 165 g/mol. The molecule has 2 heteroatoms. The third-order valence-corrected chi connectivity index (χ3v) is 2.36. The van der Waals surface area contributed by atoms with Crippen LogP contribution in [-0.2, 0) is 0 Å². The summed E-state index contributed by atoms with van der Waals surface area (Å²) >= 11 is 0. The zero-order valence-corrected chi connectivity index (χ0v) is 7.05. The molecule has 0 radical (unpaired) electrons. The van der Waals surface area contributed by atoms with Crippen molar-refractivity contribution in [3.8, 4) is 0 Å². The van der Waals surface area contributed by atoms with E-state index in [4.69, 9.17) is 0 Å². The second-order valence-electron chi connectivity index (χ2n) is 3.38. The fourth-order valence-electron chi connectivity index (χ4n) is 1.65. The molecule has 0 saturated carbocycles. The molecule has 1 fully saturated rings. The first-order valence-electron chi connectivity index (χ1n) is 4.28. The maximum Gasteiger partial charge on any atom is 0.127 e. The highest BCUT2D eigenvalue weighted by molar-refractivity contribution is 5.23. The third-order valence-electron chi connectivity index (χ3n) is 2.36. The van der Waals surface area contributed by atoms with E-state index >= 15 is 0 Å². The van der Waals surface area contributed by atoms with E-state index in [-0.39, 0.29) is 11.9 Å². The van der Waals surface area contributed by atoms with Crippen LogP contribution in [0.2, 0.25) is 0 Å². The summed E-state index contributed by atoms with van der Waals surface area (Å²) in [5.41, 5.74) is 0.801. The first kappa shape index (κ1) is 7.74. The largest absolute Gasteiger partial charge is 0.307 e. The van der Waals surface area contributed by atoms with Crippen LogP contribution in [-0.4, -0.2) is 6.04 Å². The summed E-state index contributed by atoms with van der Waals surface area (Å²) < 4.78 is 13.1. The highest BCUT2D eigenvalue weighted by Gasteiger charge is 2.27. The molecule has 2 rings (SSSR count). The van der Waals surface area contributed by atoms with Crippen molar-refractivity contribution >= 4 is 0 Å². The Kier molecular flexibility index (Phi) is 1.85. The van der Waals surface area contributed by atoms with Gasteiger partial charge in [-0.1, -0.05) is 18.2 Å². The first-order chi connectivity index (χ1) is 5.77. The molecule has 0 bridgehead atoms. The summed E-state index contributed by atoms with van der Waals surface area (Å²) in [5.74, 6) is -0.0955. The van der Waals surface area contributed by atoms with Gasteiger partial charge in [-0.3, -0.25) is 0 Å². The fourth-order valence-corrected chi connectivity index (χ4v) is 1.65. The molecule has 12 heavy (non-hydrogen) atoms. The van der Waals surface area contributed by atoms with Crippen molar-refractivity contribution in [3.63, 3.8) is 0 Å². The Balaban J connectivity index is 2.18. The van der Waals surface area contributed by atoms with Crippen LogP contribution < -0.4 is 5.32 Å². The minimum Gasteiger partial charge on any atom is -0.307 e. The molecule has 0 aromatic heterocycles. The maximum atomic E-state index is 13.1.